The Labute approximate surface area is 398 Å². The Balaban J connectivity index is -0.00000105. The van der Waals surface area contributed by atoms with Crippen LogP contribution < -0.4 is 0 Å². The van der Waals surface area contributed by atoms with Crippen molar-refractivity contribution in [2.45, 2.75) is 259 Å². The number of unbranched alkanes of at least 4 members (excludes halogenated alkanes) is 30. The number of hydrogen-bond acceptors (Lipinski definition) is 8. The largest absolute Gasteiger partial charge is 2.00 e. The first kappa shape index (κ1) is 63.8. The van der Waals surface area contributed by atoms with Crippen molar-refractivity contribution in [3.8, 4) is 0 Å². The normalized spacial score (nSPS) is 13.1. The predicted octanol–water partition coefficient (Wildman–Crippen LogP) is 15.0. The zero-order chi connectivity index (χ0) is 43.3. The van der Waals surface area contributed by atoms with Gasteiger partial charge in [0, 0.05) is 11.8 Å². The van der Waals surface area contributed by atoms with Crippen molar-refractivity contribution in [1.29, 1.82) is 0 Å². The van der Waals surface area contributed by atoms with E-state index in [0.29, 0.717) is 0 Å². The summed E-state index contributed by atoms with van der Waals surface area (Å²) in [5.74, 6) is 0.0424. The molecule has 0 aliphatic carbocycles. The van der Waals surface area contributed by atoms with Crippen molar-refractivity contribution in [3.63, 3.8) is 0 Å². The SMILES string of the molecule is CCCCCCCCCCCCCC/C=C/C(CCCCCC)COS(=O)(=O)[O-].CCCCCCCCCCCCCC/C=C/C(CCCCCC)COS(=O)(=O)[O-].[Ca+2]. The van der Waals surface area contributed by atoms with Gasteiger partial charge in [-0.3, -0.25) is 8.37 Å². The standard InChI is InChI=1S/2C24H48O4S.Ca/c2*1-3-5-7-9-10-11-12-13-14-15-16-17-18-20-22-24(21-19-8-6-4-2)23-28-29(25,26)27;/h2*20,22,24H,3-19,21,23H2,1-2H3,(H,25,26,27);/q;;+2/p-2/b2*22-20+;. The molecule has 0 aliphatic rings. The Morgan fingerprint density at radius 3 is 0.831 bits per heavy atom. The first-order chi connectivity index (χ1) is 28.0. The van der Waals surface area contributed by atoms with Gasteiger partial charge in [-0.15, -0.1) is 0 Å². The first-order valence-electron chi connectivity index (χ1n) is 24.5. The minimum atomic E-state index is -4.60. The maximum atomic E-state index is 10.7. The van der Waals surface area contributed by atoms with Crippen molar-refractivity contribution < 1.29 is 34.3 Å². The van der Waals surface area contributed by atoms with Crippen molar-refractivity contribution >= 4 is 58.5 Å². The topological polar surface area (TPSA) is 133 Å². The molecule has 0 aromatic heterocycles. The molecule has 0 fully saturated rings. The van der Waals surface area contributed by atoms with Crippen LogP contribution in [-0.2, 0) is 29.2 Å². The molecule has 0 radical (unpaired) electrons. The van der Waals surface area contributed by atoms with E-state index in [0.717, 1.165) is 51.4 Å². The molecule has 0 aromatic rings. The molecule has 0 bridgehead atoms. The minimum Gasteiger partial charge on any atom is -0.726 e. The molecule has 8 nitrogen and oxygen atoms in total. The van der Waals surface area contributed by atoms with Gasteiger partial charge in [0.25, 0.3) is 0 Å². The molecule has 0 amide bonds. The van der Waals surface area contributed by atoms with Crippen molar-refractivity contribution in [2.24, 2.45) is 11.8 Å². The molecule has 0 saturated heterocycles. The average Bonchev–Trinajstić information content (AvgIpc) is 3.18. The molecule has 348 valence electrons. The van der Waals surface area contributed by atoms with Gasteiger partial charge < -0.3 is 9.11 Å². The van der Waals surface area contributed by atoms with Crippen LogP contribution in [0.2, 0.25) is 0 Å². The summed E-state index contributed by atoms with van der Waals surface area (Å²) >= 11 is 0. The van der Waals surface area contributed by atoms with E-state index < -0.39 is 20.8 Å². The van der Waals surface area contributed by atoms with Crippen LogP contribution in [0.1, 0.15) is 259 Å². The number of allylic oxidation sites excluding steroid dienone is 2. The van der Waals surface area contributed by atoms with E-state index in [9.17, 15) is 25.9 Å². The predicted molar refractivity (Wildman–Crippen MR) is 251 cm³/mol. The fourth-order valence-electron chi connectivity index (χ4n) is 7.26. The summed E-state index contributed by atoms with van der Waals surface area (Å²) in [6.07, 6.45) is 53.6. The van der Waals surface area contributed by atoms with Gasteiger partial charge in [-0.05, 0) is 38.5 Å². The zero-order valence-corrected chi connectivity index (χ0v) is 43.0. The van der Waals surface area contributed by atoms with Crippen LogP contribution >= 0.6 is 0 Å². The van der Waals surface area contributed by atoms with Gasteiger partial charge in [0.05, 0.1) is 13.2 Å². The third kappa shape index (κ3) is 58.5. The first-order valence-corrected chi connectivity index (χ1v) is 27.2. The Morgan fingerprint density at radius 2 is 0.593 bits per heavy atom. The van der Waals surface area contributed by atoms with Crippen LogP contribution in [0.4, 0.5) is 0 Å². The van der Waals surface area contributed by atoms with Gasteiger partial charge in [-0.25, -0.2) is 16.8 Å². The molecule has 0 rings (SSSR count). The van der Waals surface area contributed by atoms with Crippen LogP contribution in [0.5, 0.6) is 0 Å². The molecule has 11 heteroatoms. The van der Waals surface area contributed by atoms with Crippen LogP contribution in [0.3, 0.4) is 0 Å². The van der Waals surface area contributed by atoms with E-state index in [1.54, 1.807) is 0 Å². The Hall–Kier alpha value is 0.480. The molecule has 2 unspecified atom stereocenters. The summed E-state index contributed by atoms with van der Waals surface area (Å²) in [5, 5.41) is 0. The summed E-state index contributed by atoms with van der Waals surface area (Å²) < 4.78 is 73.2. The van der Waals surface area contributed by atoms with Gasteiger partial charge in [0.1, 0.15) is 0 Å². The van der Waals surface area contributed by atoms with Crippen LogP contribution in [0.15, 0.2) is 24.3 Å². The quantitative estimate of drug-likeness (QED) is 0.0194. The third-order valence-electron chi connectivity index (χ3n) is 11.0. The number of hydrogen-bond donors (Lipinski definition) is 0. The molecule has 0 spiro atoms. The molecular formula is C48H94CaO8S2. The molecule has 0 aliphatic heterocycles. The maximum Gasteiger partial charge on any atom is 2.00 e. The Morgan fingerprint density at radius 1 is 0.373 bits per heavy atom. The second-order valence-corrected chi connectivity index (χ2v) is 18.9. The van der Waals surface area contributed by atoms with Gasteiger partial charge in [0.2, 0.25) is 20.8 Å². The smallest absolute Gasteiger partial charge is 0.726 e. The summed E-state index contributed by atoms with van der Waals surface area (Å²) in [4.78, 5) is 0. The van der Waals surface area contributed by atoms with Crippen molar-refractivity contribution in [1.82, 2.24) is 0 Å². The molecular weight excluding hydrogens is 809 g/mol. The van der Waals surface area contributed by atoms with Crippen LogP contribution in [0, 0.1) is 11.8 Å². The summed E-state index contributed by atoms with van der Waals surface area (Å²) in [5.41, 5.74) is 0. The monoisotopic (exact) mass is 903 g/mol. The second-order valence-electron chi connectivity index (χ2n) is 16.8. The van der Waals surface area contributed by atoms with E-state index in [-0.39, 0.29) is 62.8 Å². The molecule has 2 atom stereocenters. The summed E-state index contributed by atoms with van der Waals surface area (Å²) in [6.45, 7) is 8.82. The Kier molecular flexibility index (Phi) is 53.5. The third-order valence-corrected chi connectivity index (χ3v) is 11.8. The van der Waals surface area contributed by atoms with Crippen molar-refractivity contribution in [3.05, 3.63) is 24.3 Å². The Bertz CT molecular complexity index is 1010. The van der Waals surface area contributed by atoms with E-state index in [1.165, 1.54) is 180 Å². The van der Waals surface area contributed by atoms with E-state index in [2.05, 4.69) is 60.4 Å². The van der Waals surface area contributed by atoms with Gasteiger partial charge >= 0.3 is 37.7 Å². The van der Waals surface area contributed by atoms with Crippen LogP contribution in [-0.4, -0.2) is 76.9 Å². The number of rotatable bonds is 44. The van der Waals surface area contributed by atoms with Gasteiger partial charge in [0.15, 0.2) is 0 Å². The molecule has 0 aromatic carbocycles. The molecule has 0 heterocycles. The van der Waals surface area contributed by atoms with E-state index >= 15 is 0 Å². The van der Waals surface area contributed by atoms with E-state index in [4.69, 9.17) is 0 Å². The van der Waals surface area contributed by atoms with Crippen LogP contribution in [0.25, 0.3) is 0 Å². The fourth-order valence-corrected chi connectivity index (χ4v) is 7.94. The van der Waals surface area contributed by atoms with Gasteiger partial charge in [-0.1, -0.05) is 245 Å². The maximum absolute atomic E-state index is 10.7. The zero-order valence-electron chi connectivity index (χ0n) is 39.1. The molecule has 0 N–H and O–H groups in total. The van der Waals surface area contributed by atoms with E-state index in [1.807, 2.05) is 0 Å². The fraction of sp³-hybridized carbons (Fsp3) is 0.917. The average molecular weight is 903 g/mol. The summed E-state index contributed by atoms with van der Waals surface area (Å²) in [7, 11) is -9.19. The van der Waals surface area contributed by atoms with Crippen molar-refractivity contribution in [2.75, 3.05) is 13.2 Å². The summed E-state index contributed by atoms with van der Waals surface area (Å²) in [6, 6.07) is 0. The van der Waals surface area contributed by atoms with Gasteiger partial charge in [-0.2, -0.15) is 0 Å². The minimum absolute atomic E-state index is 0. The molecule has 59 heavy (non-hydrogen) atoms. The molecule has 0 saturated carbocycles. The second kappa shape index (κ2) is 49.5.